The van der Waals surface area contributed by atoms with Crippen LogP contribution in [0.15, 0.2) is 36.7 Å². The van der Waals surface area contributed by atoms with Crippen LogP contribution in [0.3, 0.4) is 0 Å². The SMILES string of the molecule is COc1ccc(Cl)c(Cl)c1-c1ccn2cc(C(=O)CN3CCN(C(=O)OC(C)(C)C)CC3)nc2c1. The molecule has 1 aromatic carbocycles. The third kappa shape index (κ3) is 5.72. The Hall–Kier alpha value is -2.81. The molecule has 0 N–H and O–H groups in total. The van der Waals surface area contributed by atoms with Gasteiger partial charge in [0.1, 0.15) is 22.7 Å². The van der Waals surface area contributed by atoms with Gasteiger partial charge in [-0.15, -0.1) is 0 Å². The molecule has 2 aromatic heterocycles. The summed E-state index contributed by atoms with van der Waals surface area (Å²) in [5.41, 5.74) is 1.91. The van der Waals surface area contributed by atoms with Crippen LogP contribution in [0.4, 0.5) is 4.79 Å². The summed E-state index contributed by atoms with van der Waals surface area (Å²) in [6, 6.07) is 7.16. The summed E-state index contributed by atoms with van der Waals surface area (Å²) < 4.78 is 12.7. The molecule has 1 aliphatic rings. The van der Waals surface area contributed by atoms with Crippen molar-refractivity contribution in [3.63, 3.8) is 0 Å². The summed E-state index contributed by atoms with van der Waals surface area (Å²) >= 11 is 12.7. The fourth-order valence-electron chi connectivity index (χ4n) is 3.94. The topological polar surface area (TPSA) is 76.4 Å². The number of hydrogen-bond donors (Lipinski definition) is 0. The molecule has 0 saturated carbocycles. The number of amides is 1. The molecule has 0 bridgehead atoms. The van der Waals surface area contributed by atoms with Gasteiger partial charge in [-0.1, -0.05) is 23.2 Å². The van der Waals surface area contributed by atoms with E-state index < -0.39 is 5.60 Å². The van der Waals surface area contributed by atoms with Crippen LogP contribution in [0.25, 0.3) is 16.8 Å². The molecule has 186 valence electrons. The van der Waals surface area contributed by atoms with E-state index in [-0.39, 0.29) is 18.4 Å². The number of pyridine rings is 1. The van der Waals surface area contributed by atoms with E-state index in [0.29, 0.717) is 58.9 Å². The van der Waals surface area contributed by atoms with E-state index in [2.05, 4.69) is 4.98 Å². The highest BCUT2D eigenvalue weighted by molar-refractivity contribution is 6.44. The molecule has 0 spiro atoms. The van der Waals surface area contributed by atoms with Crippen LogP contribution in [0.5, 0.6) is 5.75 Å². The Balaban J connectivity index is 1.45. The van der Waals surface area contributed by atoms with Crippen LogP contribution in [0.2, 0.25) is 10.0 Å². The average Bonchev–Trinajstić information content (AvgIpc) is 3.23. The van der Waals surface area contributed by atoms with E-state index >= 15 is 0 Å². The highest BCUT2D eigenvalue weighted by Crippen LogP contribution is 2.40. The zero-order chi connectivity index (χ0) is 25.3. The summed E-state index contributed by atoms with van der Waals surface area (Å²) in [7, 11) is 1.57. The molecular weight excluding hydrogens is 491 g/mol. The molecule has 3 aromatic rings. The molecule has 8 nitrogen and oxygen atoms in total. The Kier molecular flexibility index (Phi) is 7.26. The Morgan fingerprint density at radius 1 is 1.09 bits per heavy atom. The molecule has 1 fully saturated rings. The van der Waals surface area contributed by atoms with Crippen molar-refractivity contribution in [2.75, 3.05) is 39.8 Å². The maximum Gasteiger partial charge on any atom is 0.410 e. The molecule has 0 atom stereocenters. The van der Waals surface area contributed by atoms with Gasteiger partial charge in [0, 0.05) is 44.1 Å². The van der Waals surface area contributed by atoms with Gasteiger partial charge in [0.05, 0.1) is 23.7 Å². The van der Waals surface area contributed by atoms with Crippen molar-refractivity contribution in [1.82, 2.24) is 19.2 Å². The lowest BCUT2D eigenvalue weighted by molar-refractivity contribution is 0.0149. The Morgan fingerprint density at radius 2 is 1.80 bits per heavy atom. The van der Waals surface area contributed by atoms with Gasteiger partial charge in [0.2, 0.25) is 0 Å². The normalized spacial score (nSPS) is 14.9. The number of rotatable bonds is 5. The minimum atomic E-state index is -0.531. The molecule has 0 aliphatic carbocycles. The second kappa shape index (κ2) is 10.0. The smallest absolute Gasteiger partial charge is 0.410 e. The molecule has 3 heterocycles. The first-order chi connectivity index (χ1) is 16.6. The molecule has 0 radical (unpaired) electrons. The average molecular weight is 519 g/mol. The van der Waals surface area contributed by atoms with Crippen LogP contribution >= 0.6 is 23.2 Å². The van der Waals surface area contributed by atoms with Gasteiger partial charge in [-0.25, -0.2) is 9.78 Å². The van der Waals surface area contributed by atoms with Gasteiger partial charge in [-0.2, -0.15) is 0 Å². The quantitative estimate of drug-likeness (QED) is 0.439. The number of piperazine rings is 1. The molecule has 1 saturated heterocycles. The number of halogens is 2. The maximum absolute atomic E-state index is 13.0. The summed E-state index contributed by atoms with van der Waals surface area (Å²) in [5, 5.41) is 0.817. The number of aromatic nitrogens is 2. The van der Waals surface area contributed by atoms with E-state index in [9.17, 15) is 9.59 Å². The predicted molar refractivity (Wildman–Crippen MR) is 136 cm³/mol. The zero-order valence-electron chi connectivity index (χ0n) is 20.2. The van der Waals surface area contributed by atoms with E-state index in [1.807, 2.05) is 44.0 Å². The molecule has 4 rings (SSSR count). The predicted octanol–water partition coefficient (Wildman–Crippen LogP) is 5.05. The summed E-state index contributed by atoms with van der Waals surface area (Å²) in [6.07, 6.45) is 3.22. The number of imidazole rings is 1. The number of benzene rings is 1. The Morgan fingerprint density at radius 3 is 2.46 bits per heavy atom. The fraction of sp³-hybridized carbons (Fsp3) is 0.400. The minimum absolute atomic E-state index is 0.0839. The van der Waals surface area contributed by atoms with Gasteiger partial charge >= 0.3 is 6.09 Å². The van der Waals surface area contributed by atoms with Crippen molar-refractivity contribution in [2.45, 2.75) is 26.4 Å². The summed E-state index contributed by atoms with van der Waals surface area (Å²) in [4.78, 5) is 33.5. The van der Waals surface area contributed by atoms with E-state index in [4.69, 9.17) is 32.7 Å². The van der Waals surface area contributed by atoms with Crippen LogP contribution in [0.1, 0.15) is 31.3 Å². The van der Waals surface area contributed by atoms with Crippen molar-refractivity contribution in [3.8, 4) is 16.9 Å². The standard InChI is InChI=1S/C25H28Cl2N4O4/c1-25(2,3)35-24(33)30-11-9-29(10-12-30)15-19(32)18-14-31-8-7-16(13-21(31)28-18)22-20(34-4)6-5-17(26)23(22)27/h5-8,13-14H,9-12,15H2,1-4H3. The van der Waals surface area contributed by atoms with Gasteiger partial charge in [-0.3, -0.25) is 9.69 Å². The van der Waals surface area contributed by atoms with Crippen molar-refractivity contribution >= 4 is 40.7 Å². The monoisotopic (exact) mass is 518 g/mol. The number of Topliss-reactive ketones (excluding diaryl/α,β-unsaturated/α-hetero) is 1. The van der Waals surface area contributed by atoms with Crippen molar-refractivity contribution < 1.29 is 19.1 Å². The number of nitrogens with zero attached hydrogens (tertiary/aromatic N) is 4. The van der Waals surface area contributed by atoms with E-state index in [0.717, 1.165) is 5.56 Å². The van der Waals surface area contributed by atoms with Crippen LogP contribution in [-0.4, -0.2) is 76.5 Å². The van der Waals surface area contributed by atoms with Crippen molar-refractivity contribution in [2.24, 2.45) is 0 Å². The first-order valence-electron chi connectivity index (χ1n) is 11.3. The molecule has 1 aliphatic heterocycles. The Labute approximate surface area is 214 Å². The van der Waals surface area contributed by atoms with Crippen molar-refractivity contribution in [3.05, 3.63) is 52.4 Å². The van der Waals surface area contributed by atoms with Gasteiger partial charge in [-0.05, 0) is 50.6 Å². The number of ether oxygens (including phenoxy) is 2. The van der Waals surface area contributed by atoms with E-state index in [1.165, 1.54) is 0 Å². The van der Waals surface area contributed by atoms with Crippen LogP contribution < -0.4 is 4.74 Å². The molecule has 10 heteroatoms. The highest BCUT2D eigenvalue weighted by atomic mass is 35.5. The lowest BCUT2D eigenvalue weighted by Crippen LogP contribution is -2.51. The zero-order valence-corrected chi connectivity index (χ0v) is 21.7. The number of fused-ring (bicyclic) bond motifs is 1. The molecule has 1 amide bonds. The second-order valence-electron chi connectivity index (χ2n) is 9.41. The maximum atomic E-state index is 13.0. The number of hydrogen-bond acceptors (Lipinski definition) is 6. The highest BCUT2D eigenvalue weighted by Gasteiger charge is 2.27. The Bertz CT molecular complexity index is 1260. The third-order valence-electron chi connectivity index (χ3n) is 5.70. The second-order valence-corrected chi connectivity index (χ2v) is 10.2. The van der Waals surface area contributed by atoms with Gasteiger partial charge < -0.3 is 18.8 Å². The number of ketones is 1. The van der Waals surface area contributed by atoms with E-state index in [1.54, 1.807) is 34.7 Å². The summed E-state index contributed by atoms with van der Waals surface area (Å²) in [5.74, 6) is 0.511. The third-order valence-corrected chi connectivity index (χ3v) is 6.51. The van der Waals surface area contributed by atoms with Crippen molar-refractivity contribution in [1.29, 1.82) is 0 Å². The first kappa shape index (κ1) is 25.3. The molecule has 0 unspecified atom stereocenters. The van der Waals surface area contributed by atoms with Crippen LogP contribution in [-0.2, 0) is 4.74 Å². The number of carbonyl (C=O) groups is 2. The largest absolute Gasteiger partial charge is 0.496 e. The number of carbonyl (C=O) groups excluding carboxylic acids is 2. The van der Waals surface area contributed by atoms with Gasteiger partial charge in [0.25, 0.3) is 0 Å². The first-order valence-corrected chi connectivity index (χ1v) is 12.1. The van der Waals surface area contributed by atoms with Crippen LogP contribution in [0, 0.1) is 0 Å². The lowest BCUT2D eigenvalue weighted by atomic mass is 10.1. The number of methoxy groups -OCH3 is 1. The molecule has 35 heavy (non-hydrogen) atoms. The van der Waals surface area contributed by atoms with Gasteiger partial charge in [0.15, 0.2) is 5.78 Å². The molecular formula is C25H28Cl2N4O4. The minimum Gasteiger partial charge on any atom is -0.496 e. The lowest BCUT2D eigenvalue weighted by Gasteiger charge is -2.35. The fourth-order valence-corrected chi connectivity index (χ4v) is 4.37. The summed E-state index contributed by atoms with van der Waals surface area (Å²) in [6.45, 7) is 7.98.